The first-order valence-electron chi connectivity index (χ1n) is 5.58. The summed E-state index contributed by atoms with van der Waals surface area (Å²) in [6.07, 6.45) is -0.767. The Bertz CT molecular complexity index is 600. The van der Waals surface area contributed by atoms with Gasteiger partial charge >= 0.3 is 0 Å². The molecule has 0 aliphatic carbocycles. The van der Waals surface area contributed by atoms with Crippen molar-refractivity contribution in [2.45, 2.75) is 13.0 Å². The monoisotopic (exact) mass is 284 g/mol. The zero-order valence-electron chi connectivity index (χ0n) is 10.0. The van der Waals surface area contributed by atoms with Gasteiger partial charge in [0.2, 0.25) is 0 Å². The second kappa shape index (κ2) is 5.55. The minimum absolute atomic E-state index is 0.0303. The third kappa shape index (κ3) is 3.22. The molecule has 0 amide bonds. The highest BCUT2D eigenvalue weighted by molar-refractivity contribution is 6.30. The van der Waals surface area contributed by atoms with E-state index in [1.807, 2.05) is 0 Å². The summed E-state index contributed by atoms with van der Waals surface area (Å²) in [5.74, 6) is -1.18. The normalized spacial score (nSPS) is 12.3. The molecule has 0 saturated carbocycles. The Kier molecular flexibility index (Phi) is 4.02. The molecule has 0 radical (unpaired) electrons. The Balaban J connectivity index is 2.25. The highest BCUT2D eigenvalue weighted by atomic mass is 35.5. The first-order valence-corrected chi connectivity index (χ1v) is 5.95. The second-order valence-electron chi connectivity index (χ2n) is 4.04. The van der Waals surface area contributed by atoms with Crippen molar-refractivity contribution in [3.63, 3.8) is 0 Å². The molecule has 0 bridgehead atoms. The van der Waals surface area contributed by atoms with E-state index in [2.05, 4.69) is 0 Å². The maximum absolute atomic E-state index is 13.7. The summed E-state index contributed by atoms with van der Waals surface area (Å²) in [5.41, 5.74) is 0.437. The number of hydrogen-bond donors (Lipinski definition) is 1. The number of halogens is 3. The van der Waals surface area contributed by atoms with Crippen LogP contribution in [0.1, 0.15) is 18.6 Å². The number of aliphatic hydroxyl groups excluding tert-OH is 1. The van der Waals surface area contributed by atoms with Gasteiger partial charge in [0.25, 0.3) is 0 Å². The van der Waals surface area contributed by atoms with E-state index in [-0.39, 0.29) is 16.5 Å². The predicted octanol–water partition coefficient (Wildman–Crippen LogP) is 4.46. The fourth-order valence-corrected chi connectivity index (χ4v) is 1.64. The second-order valence-corrected chi connectivity index (χ2v) is 4.45. The smallest absolute Gasteiger partial charge is 0.166 e. The predicted molar refractivity (Wildman–Crippen MR) is 68.5 cm³/mol. The van der Waals surface area contributed by atoms with Gasteiger partial charge in [-0.25, -0.2) is 8.78 Å². The van der Waals surface area contributed by atoms with E-state index in [0.29, 0.717) is 5.56 Å². The number of aliphatic hydroxyl groups is 1. The van der Waals surface area contributed by atoms with Crippen LogP contribution in [0.5, 0.6) is 11.5 Å². The standard InChI is InChI=1S/C14H11ClF2O2/c1-8(18)9-2-5-14(13(17)6-9)19-10-3-4-11(15)12(16)7-10/h2-8,18H,1H3. The van der Waals surface area contributed by atoms with Gasteiger partial charge in [0.1, 0.15) is 11.6 Å². The van der Waals surface area contributed by atoms with Gasteiger partial charge in [-0.3, -0.25) is 0 Å². The molecule has 2 aromatic carbocycles. The quantitative estimate of drug-likeness (QED) is 0.901. The molecule has 2 rings (SSSR count). The van der Waals surface area contributed by atoms with Crippen LogP contribution in [0.4, 0.5) is 8.78 Å². The molecule has 0 saturated heterocycles. The molecule has 0 aliphatic rings. The molecule has 0 aliphatic heterocycles. The van der Waals surface area contributed by atoms with E-state index in [1.165, 1.54) is 37.3 Å². The van der Waals surface area contributed by atoms with E-state index >= 15 is 0 Å². The zero-order valence-corrected chi connectivity index (χ0v) is 10.8. The van der Waals surface area contributed by atoms with E-state index < -0.39 is 17.7 Å². The molecule has 1 atom stereocenters. The highest BCUT2D eigenvalue weighted by Crippen LogP contribution is 2.28. The highest BCUT2D eigenvalue weighted by Gasteiger charge is 2.10. The molecule has 100 valence electrons. The molecule has 2 nitrogen and oxygen atoms in total. The summed E-state index contributed by atoms with van der Waals surface area (Å²) >= 11 is 5.54. The maximum atomic E-state index is 13.7. The lowest BCUT2D eigenvalue weighted by Crippen LogP contribution is -1.94. The average molecular weight is 285 g/mol. The Hall–Kier alpha value is -1.65. The summed E-state index contributed by atoms with van der Waals surface area (Å²) in [5, 5.41) is 9.29. The van der Waals surface area contributed by atoms with Gasteiger partial charge in [-0.2, -0.15) is 0 Å². The van der Waals surface area contributed by atoms with Gasteiger partial charge in [-0.05, 0) is 36.8 Å². The molecule has 0 spiro atoms. The Morgan fingerprint density at radius 2 is 1.84 bits per heavy atom. The zero-order chi connectivity index (χ0) is 14.0. The van der Waals surface area contributed by atoms with Crippen molar-refractivity contribution in [1.82, 2.24) is 0 Å². The van der Waals surface area contributed by atoms with Crippen LogP contribution in [-0.2, 0) is 0 Å². The first kappa shape index (κ1) is 13.8. The number of rotatable bonds is 3. The SMILES string of the molecule is CC(O)c1ccc(Oc2ccc(Cl)c(F)c2)c(F)c1. The van der Waals surface area contributed by atoms with E-state index in [9.17, 15) is 13.9 Å². The first-order chi connectivity index (χ1) is 8.97. The van der Waals surface area contributed by atoms with Crippen LogP contribution in [0.3, 0.4) is 0 Å². The molecule has 0 heterocycles. The minimum Gasteiger partial charge on any atom is -0.454 e. The lowest BCUT2D eigenvalue weighted by Gasteiger charge is -2.10. The van der Waals surface area contributed by atoms with E-state index in [0.717, 1.165) is 6.07 Å². The van der Waals surface area contributed by atoms with Gasteiger partial charge in [-0.15, -0.1) is 0 Å². The number of hydrogen-bond acceptors (Lipinski definition) is 2. The lowest BCUT2D eigenvalue weighted by atomic mass is 10.1. The molecule has 2 aromatic rings. The van der Waals surface area contributed by atoms with Crippen molar-refractivity contribution in [2.24, 2.45) is 0 Å². The molecule has 0 aromatic heterocycles. The van der Waals surface area contributed by atoms with Crippen LogP contribution < -0.4 is 4.74 Å². The van der Waals surface area contributed by atoms with Crippen LogP contribution in [0.15, 0.2) is 36.4 Å². The summed E-state index contributed by atoms with van der Waals surface area (Å²) in [6, 6.07) is 7.93. The fraction of sp³-hybridized carbons (Fsp3) is 0.143. The molecular weight excluding hydrogens is 274 g/mol. The minimum atomic E-state index is -0.767. The van der Waals surface area contributed by atoms with Gasteiger partial charge in [0.15, 0.2) is 11.6 Å². The van der Waals surface area contributed by atoms with Crippen LogP contribution in [0.25, 0.3) is 0 Å². The van der Waals surface area contributed by atoms with Crippen LogP contribution in [0, 0.1) is 11.6 Å². The number of benzene rings is 2. The van der Waals surface area contributed by atoms with Gasteiger partial charge < -0.3 is 9.84 Å². The molecule has 0 fully saturated rings. The van der Waals surface area contributed by atoms with Gasteiger partial charge in [0, 0.05) is 6.07 Å². The summed E-state index contributed by atoms with van der Waals surface area (Å²) < 4.78 is 32.2. The Morgan fingerprint density at radius 1 is 1.11 bits per heavy atom. The number of ether oxygens (including phenoxy) is 1. The van der Waals surface area contributed by atoms with Crippen molar-refractivity contribution in [1.29, 1.82) is 0 Å². The average Bonchev–Trinajstić information content (AvgIpc) is 2.36. The summed E-state index contributed by atoms with van der Waals surface area (Å²) in [7, 11) is 0. The molecule has 1 N–H and O–H groups in total. The van der Waals surface area contributed by atoms with E-state index in [1.54, 1.807) is 0 Å². The third-order valence-corrected chi connectivity index (χ3v) is 2.86. The lowest BCUT2D eigenvalue weighted by molar-refractivity contribution is 0.198. The van der Waals surface area contributed by atoms with Crippen molar-refractivity contribution in [3.8, 4) is 11.5 Å². The van der Waals surface area contributed by atoms with Crippen LogP contribution >= 0.6 is 11.6 Å². The summed E-state index contributed by atoms with van der Waals surface area (Å²) in [6.45, 7) is 1.53. The fourth-order valence-electron chi connectivity index (χ4n) is 1.53. The van der Waals surface area contributed by atoms with Crippen molar-refractivity contribution in [2.75, 3.05) is 0 Å². The molecule has 5 heteroatoms. The van der Waals surface area contributed by atoms with Crippen LogP contribution in [0.2, 0.25) is 5.02 Å². The molecule has 1 unspecified atom stereocenters. The Labute approximate surface area is 114 Å². The van der Waals surface area contributed by atoms with Gasteiger partial charge in [0.05, 0.1) is 11.1 Å². The third-order valence-electron chi connectivity index (χ3n) is 2.56. The maximum Gasteiger partial charge on any atom is 0.166 e. The van der Waals surface area contributed by atoms with Crippen LogP contribution in [-0.4, -0.2) is 5.11 Å². The summed E-state index contributed by atoms with van der Waals surface area (Å²) in [4.78, 5) is 0. The topological polar surface area (TPSA) is 29.5 Å². The molecular formula is C14H11ClF2O2. The Morgan fingerprint density at radius 3 is 2.42 bits per heavy atom. The largest absolute Gasteiger partial charge is 0.454 e. The van der Waals surface area contributed by atoms with Gasteiger partial charge in [-0.1, -0.05) is 17.7 Å². The van der Waals surface area contributed by atoms with Crippen molar-refractivity contribution < 1.29 is 18.6 Å². The van der Waals surface area contributed by atoms with E-state index in [4.69, 9.17) is 16.3 Å². The molecule has 19 heavy (non-hydrogen) atoms. The van der Waals surface area contributed by atoms with Crippen molar-refractivity contribution in [3.05, 3.63) is 58.6 Å². The van der Waals surface area contributed by atoms with Crippen molar-refractivity contribution >= 4 is 11.6 Å².